The Hall–Kier alpha value is -3.03. The predicted molar refractivity (Wildman–Crippen MR) is 105 cm³/mol. The molecule has 1 N–H and O–H groups in total. The number of hydrogen-bond donors (Lipinski definition) is 1. The lowest BCUT2D eigenvalue weighted by Gasteiger charge is -2.00. The summed E-state index contributed by atoms with van der Waals surface area (Å²) in [5, 5.41) is 11.8. The molecule has 128 valence electrons. The molecular weight excluding hydrogens is 368 g/mol. The van der Waals surface area contributed by atoms with E-state index in [-0.39, 0.29) is 0 Å². The maximum atomic E-state index is 5.91. The van der Waals surface area contributed by atoms with Crippen LogP contribution in [0.4, 0.5) is 5.13 Å². The third kappa shape index (κ3) is 3.79. The zero-order chi connectivity index (χ0) is 17.8. The van der Waals surface area contributed by atoms with Crippen LogP contribution >= 0.6 is 22.9 Å². The Labute approximate surface area is 158 Å². The maximum Gasteiger partial charge on any atom is 0.203 e. The first-order valence-corrected chi connectivity index (χ1v) is 8.99. The minimum absolute atomic E-state index is 0.710. The van der Waals surface area contributed by atoms with Gasteiger partial charge in [-0.25, -0.2) is 14.6 Å². The van der Waals surface area contributed by atoms with Crippen molar-refractivity contribution in [3.63, 3.8) is 0 Å². The summed E-state index contributed by atoms with van der Waals surface area (Å²) in [7, 11) is 0. The fourth-order valence-electron chi connectivity index (χ4n) is 2.30. The molecule has 26 heavy (non-hydrogen) atoms. The number of nitrogens with zero attached hydrogens (tertiary/aromatic N) is 5. The van der Waals surface area contributed by atoms with Crippen LogP contribution in [0.25, 0.3) is 16.9 Å². The zero-order valence-corrected chi connectivity index (χ0v) is 15.0. The van der Waals surface area contributed by atoms with Crippen molar-refractivity contribution in [1.82, 2.24) is 19.7 Å². The highest BCUT2D eigenvalue weighted by atomic mass is 35.5. The monoisotopic (exact) mass is 380 g/mol. The van der Waals surface area contributed by atoms with E-state index in [4.69, 9.17) is 11.6 Å². The third-order valence-electron chi connectivity index (χ3n) is 3.59. The molecule has 0 saturated carbocycles. The smallest absolute Gasteiger partial charge is 0.203 e. The molecule has 0 unspecified atom stereocenters. The average Bonchev–Trinajstić information content (AvgIpc) is 3.35. The van der Waals surface area contributed by atoms with Gasteiger partial charge in [-0.1, -0.05) is 35.9 Å². The van der Waals surface area contributed by atoms with Gasteiger partial charge in [0.25, 0.3) is 0 Å². The molecule has 0 atom stereocenters. The van der Waals surface area contributed by atoms with Crippen molar-refractivity contribution in [2.45, 2.75) is 0 Å². The average molecular weight is 381 g/mol. The van der Waals surface area contributed by atoms with Gasteiger partial charge < -0.3 is 0 Å². The highest BCUT2D eigenvalue weighted by Crippen LogP contribution is 2.25. The molecule has 2 aromatic carbocycles. The molecule has 0 aliphatic rings. The van der Waals surface area contributed by atoms with E-state index < -0.39 is 0 Å². The number of aromatic nitrogens is 4. The van der Waals surface area contributed by atoms with Crippen LogP contribution in [0, 0.1) is 0 Å². The minimum atomic E-state index is 0.710. The largest absolute Gasteiger partial charge is 0.253 e. The van der Waals surface area contributed by atoms with E-state index in [1.165, 1.54) is 17.7 Å². The quantitative estimate of drug-likeness (QED) is 0.409. The number of hydrazone groups is 1. The Balaban J connectivity index is 1.40. The van der Waals surface area contributed by atoms with Crippen molar-refractivity contribution < 1.29 is 0 Å². The lowest BCUT2D eigenvalue weighted by Crippen LogP contribution is -1.95. The van der Waals surface area contributed by atoms with Crippen molar-refractivity contribution in [3.8, 4) is 16.9 Å². The van der Waals surface area contributed by atoms with Crippen LogP contribution in [0.2, 0.25) is 5.02 Å². The molecule has 4 aromatic rings. The van der Waals surface area contributed by atoms with Gasteiger partial charge in [-0.15, -0.1) is 11.3 Å². The molecule has 0 aliphatic heterocycles. The van der Waals surface area contributed by atoms with E-state index in [1.807, 2.05) is 53.9 Å². The summed E-state index contributed by atoms with van der Waals surface area (Å²) >= 11 is 7.41. The molecule has 0 saturated heterocycles. The maximum absolute atomic E-state index is 5.91. The number of thiazole rings is 1. The summed E-state index contributed by atoms with van der Waals surface area (Å²) < 4.78 is 1.70. The van der Waals surface area contributed by atoms with Crippen LogP contribution in [0.1, 0.15) is 5.56 Å². The Morgan fingerprint density at radius 3 is 2.62 bits per heavy atom. The van der Waals surface area contributed by atoms with E-state index in [2.05, 4.69) is 25.6 Å². The Bertz CT molecular complexity index is 1010. The van der Waals surface area contributed by atoms with Gasteiger partial charge in [0.1, 0.15) is 12.7 Å². The number of nitrogens with one attached hydrogen (secondary N) is 1. The first-order chi connectivity index (χ1) is 12.8. The molecule has 6 nitrogen and oxygen atoms in total. The number of rotatable bonds is 5. The number of benzene rings is 2. The summed E-state index contributed by atoms with van der Waals surface area (Å²) in [6, 6.07) is 15.4. The Morgan fingerprint density at radius 1 is 1.08 bits per heavy atom. The van der Waals surface area contributed by atoms with Crippen LogP contribution in [-0.4, -0.2) is 26.0 Å². The van der Waals surface area contributed by atoms with Gasteiger partial charge >= 0.3 is 0 Å². The van der Waals surface area contributed by atoms with Crippen molar-refractivity contribution in [2.75, 3.05) is 5.43 Å². The van der Waals surface area contributed by atoms with Gasteiger partial charge in [0.2, 0.25) is 5.13 Å². The highest BCUT2D eigenvalue weighted by molar-refractivity contribution is 7.14. The standard InChI is InChI=1S/C18H13ClN6S/c19-15-5-3-14(4-6-15)17-10-26-18(23-17)24-21-9-13-1-7-16(8-2-13)25-12-20-11-22-25/h1-12H,(H,23,24)/b21-9+. The number of hydrogen-bond acceptors (Lipinski definition) is 6. The van der Waals surface area contributed by atoms with Gasteiger partial charge in [0.15, 0.2) is 0 Å². The normalized spacial score (nSPS) is 11.1. The molecule has 4 rings (SSSR count). The predicted octanol–water partition coefficient (Wildman–Crippen LogP) is 4.49. The summed E-state index contributed by atoms with van der Waals surface area (Å²) in [5.41, 5.74) is 6.78. The van der Waals surface area contributed by atoms with Gasteiger partial charge in [-0.2, -0.15) is 10.2 Å². The SMILES string of the molecule is Clc1ccc(-c2csc(N/N=C/c3ccc(-n4cncn4)cc3)n2)cc1. The Morgan fingerprint density at radius 2 is 1.88 bits per heavy atom. The van der Waals surface area contributed by atoms with Crippen molar-refractivity contribution in [3.05, 3.63) is 77.2 Å². The van der Waals surface area contributed by atoms with Gasteiger partial charge in [0.05, 0.1) is 17.6 Å². The fraction of sp³-hybridized carbons (Fsp3) is 0. The van der Waals surface area contributed by atoms with Crippen molar-refractivity contribution in [2.24, 2.45) is 5.10 Å². The number of anilines is 1. The second kappa shape index (κ2) is 7.47. The molecule has 2 aromatic heterocycles. The third-order valence-corrected chi connectivity index (χ3v) is 4.59. The van der Waals surface area contributed by atoms with Crippen LogP contribution in [0.15, 0.2) is 71.7 Å². The van der Waals surface area contributed by atoms with Crippen LogP contribution in [-0.2, 0) is 0 Å². The first-order valence-electron chi connectivity index (χ1n) is 7.73. The van der Waals surface area contributed by atoms with Gasteiger partial charge in [0, 0.05) is 16.0 Å². The van der Waals surface area contributed by atoms with Crippen molar-refractivity contribution in [1.29, 1.82) is 0 Å². The molecule has 2 heterocycles. The van der Waals surface area contributed by atoms with Gasteiger partial charge in [-0.05, 0) is 29.8 Å². The van der Waals surface area contributed by atoms with E-state index in [0.717, 1.165) is 27.6 Å². The second-order valence-electron chi connectivity index (χ2n) is 5.35. The second-order valence-corrected chi connectivity index (χ2v) is 6.64. The molecule has 0 spiro atoms. The van der Waals surface area contributed by atoms with Crippen LogP contribution < -0.4 is 5.43 Å². The van der Waals surface area contributed by atoms with E-state index in [9.17, 15) is 0 Å². The summed E-state index contributed by atoms with van der Waals surface area (Å²) in [6.07, 6.45) is 4.91. The van der Waals surface area contributed by atoms with Crippen LogP contribution in [0.3, 0.4) is 0 Å². The first kappa shape index (κ1) is 16.4. The van der Waals surface area contributed by atoms with Crippen molar-refractivity contribution >= 4 is 34.3 Å². The lowest BCUT2D eigenvalue weighted by molar-refractivity contribution is 0.879. The molecule has 0 fully saturated rings. The zero-order valence-electron chi connectivity index (χ0n) is 13.5. The van der Waals surface area contributed by atoms with E-state index >= 15 is 0 Å². The van der Waals surface area contributed by atoms with E-state index in [0.29, 0.717) is 5.02 Å². The van der Waals surface area contributed by atoms with Crippen LogP contribution in [0.5, 0.6) is 0 Å². The summed E-state index contributed by atoms with van der Waals surface area (Å²) in [5.74, 6) is 0. The Kier molecular flexibility index (Phi) is 4.72. The highest BCUT2D eigenvalue weighted by Gasteiger charge is 2.03. The lowest BCUT2D eigenvalue weighted by atomic mass is 10.2. The minimum Gasteiger partial charge on any atom is -0.253 e. The number of halogens is 1. The molecule has 0 radical (unpaired) electrons. The molecular formula is C18H13ClN6S. The van der Waals surface area contributed by atoms with Gasteiger partial charge in [-0.3, -0.25) is 5.43 Å². The van der Waals surface area contributed by atoms with E-state index in [1.54, 1.807) is 17.2 Å². The molecule has 0 bridgehead atoms. The molecule has 0 aliphatic carbocycles. The molecule has 8 heteroatoms. The summed E-state index contributed by atoms with van der Waals surface area (Å²) in [6.45, 7) is 0. The molecule has 0 amide bonds. The fourth-order valence-corrected chi connectivity index (χ4v) is 3.09. The summed E-state index contributed by atoms with van der Waals surface area (Å²) in [4.78, 5) is 8.46. The topological polar surface area (TPSA) is 68.0 Å².